The molecule has 2 nitrogen and oxygen atoms in total. The summed E-state index contributed by atoms with van der Waals surface area (Å²) >= 11 is 7.45. The summed E-state index contributed by atoms with van der Waals surface area (Å²) in [6.45, 7) is 1.93. The molecular weight excluding hydrogens is 307 g/mol. The Morgan fingerprint density at radius 2 is 2.46 bits per heavy atom. The molecule has 5 heteroatoms. The fourth-order valence-electron chi connectivity index (χ4n) is 1.06. The van der Waals surface area contributed by atoms with E-state index in [2.05, 4.69) is 5.16 Å². The maximum Gasteiger partial charge on any atom is 0.177 e. The van der Waals surface area contributed by atoms with Gasteiger partial charge < -0.3 is 5.21 Å². The quantitative estimate of drug-likeness (QED) is 0.341. The predicted octanol–water partition coefficient (Wildman–Crippen LogP) is 3.60. The van der Waals surface area contributed by atoms with Crippen LogP contribution in [0.3, 0.4) is 0 Å². The second kappa shape index (κ2) is 4.41. The van der Waals surface area contributed by atoms with Crippen LogP contribution >= 0.6 is 34.2 Å². The summed E-state index contributed by atoms with van der Waals surface area (Å²) in [6, 6.07) is 0. The lowest BCUT2D eigenvalue weighted by atomic mass is 9.98. The van der Waals surface area contributed by atoms with Gasteiger partial charge in [0.05, 0.1) is 0 Å². The number of oxime groups is 1. The lowest BCUT2D eigenvalue weighted by Gasteiger charge is -2.16. The summed E-state index contributed by atoms with van der Waals surface area (Å²) in [5, 5.41) is 10.9. The van der Waals surface area contributed by atoms with E-state index in [1.807, 2.05) is 29.5 Å². The molecule has 1 aliphatic carbocycles. The van der Waals surface area contributed by atoms with Crippen LogP contribution in [0.15, 0.2) is 26.2 Å². The van der Waals surface area contributed by atoms with E-state index in [-0.39, 0.29) is 22.5 Å². The summed E-state index contributed by atoms with van der Waals surface area (Å²) in [5.74, 6) is -0.213. The molecule has 0 bridgehead atoms. The normalized spacial score (nSPS) is 24.8. The van der Waals surface area contributed by atoms with Crippen molar-refractivity contribution in [3.8, 4) is 0 Å². The van der Waals surface area contributed by atoms with Gasteiger partial charge in [-0.25, -0.2) is 4.39 Å². The van der Waals surface area contributed by atoms with Gasteiger partial charge in [0.25, 0.3) is 0 Å². The number of rotatable bonds is 1. The number of hydrogen-bond acceptors (Lipinski definition) is 2. The predicted molar refractivity (Wildman–Crippen MR) is 59.1 cm³/mol. The summed E-state index contributed by atoms with van der Waals surface area (Å²) in [4.78, 5) is 0. The second-order valence-corrected chi connectivity index (χ2v) is 4.33. The first kappa shape index (κ1) is 11.0. The zero-order valence-corrected chi connectivity index (χ0v) is 9.80. The van der Waals surface area contributed by atoms with Crippen molar-refractivity contribution in [2.24, 2.45) is 11.1 Å². The molecule has 0 fully saturated rings. The zero-order valence-electron chi connectivity index (χ0n) is 6.89. The highest BCUT2D eigenvalue weighted by atomic mass is 127. The molecule has 0 aromatic carbocycles. The summed E-state index contributed by atoms with van der Waals surface area (Å²) in [6.07, 6.45) is 2.36. The van der Waals surface area contributed by atoms with Crippen molar-refractivity contribution in [3.63, 3.8) is 0 Å². The van der Waals surface area contributed by atoms with Crippen molar-refractivity contribution < 1.29 is 9.60 Å². The fraction of sp³-hybridized carbons (Fsp3) is 0.375. The summed E-state index contributed by atoms with van der Waals surface area (Å²) in [7, 11) is 0. The first-order valence-electron chi connectivity index (χ1n) is 3.71. The Morgan fingerprint density at radius 1 is 1.85 bits per heavy atom. The molecule has 1 atom stereocenters. The summed E-state index contributed by atoms with van der Waals surface area (Å²) < 4.78 is 14.1. The van der Waals surface area contributed by atoms with Crippen molar-refractivity contribution in [1.29, 1.82) is 0 Å². The maximum atomic E-state index is 13.5. The van der Waals surface area contributed by atoms with Gasteiger partial charge in [0.1, 0.15) is 5.83 Å². The van der Waals surface area contributed by atoms with E-state index >= 15 is 0 Å². The molecule has 1 aliphatic rings. The molecule has 72 valence electrons. The molecule has 0 aliphatic heterocycles. The third-order valence-electron chi connectivity index (χ3n) is 1.86. The van der Waals surface area contributed by atoms with Crippen LogP contribution in [0.2, 0.25) is 0 Å². The van der Waals surface area contributed by atoms with E-state index in [4.69, 9.17) is 16.8 Å². The molecule has 13 heavy (non-hydrogen) atoms. The van der Waals surface area contributed by atoms with Gasteiger partial charge in [-0.15, -0.1) is 0 Å². The Balaban J connectivity index is 3.04. The molecule has 0 radical (unpaired) electrons. The van der Waals surface area contributed by atoms with Crippen molar-refractivity contribution in [1.82, 2.24) is 0 Å². The van der Waals surface area contributed by atoms with Gasteiger partial charge in [-0.1, -0.05) is 29.8 Å². The van der Waals surface area contributed by atoms with Crippen LogP contribution < -0.4 is 0 Å². The van der Waals surface area contributed by atoms with E-state index in [0.717, 1.165) is 0 Å². The Labute approximate surface area is 94.3 Å². The van der Waals surface area contributed by atoms with Gasteiger partial charge in [-0.05, 0) is 34.9 Å². The van der Waals surface area contributed by atoms with Crippen LogP contribution in [0.25, 0.3) is 0 Å². The first-order valence-corrected chi connectivity index (χ1v) is 5.17. The van der Waals surface area contributed by atoms with Crippen LogP contribution in [0.5, 0.6) is 0 Å². The van der Waals surface area contributed by atoms with E-state index in [9.17, 15) is 4.39 Å². The van der Waals surface area contributed by atoms with Crippen LogP contribution in [0.1, 0.15) is 13.3 Å². The topological polar surface area (TPSA) is 32.6 Å². The second-order valence-electron chi connectivity index (χ2n) is 2.81. The minimum absolute atomic E-state index is 0.174. The molecule has 0 aromatic rings. The highest BCUT2D eigenvalue weighted by Crippen LogP contribution is 2.35. The molecule has 1 rings (SSSR count). The monoisotopic (exact) mass is 315 g/mol. The standard InChI is InChI=1S/C8H8ClFINO/c1-4-2-3-5(8(9)12-13)6(10)7(4)11/h3-4,13H,2H2,1H3/b12-8+. The van der Waals surface area contributed by atoms with E-state index in [1.165, 1.54) is 0 Å². The average molecular weight is 316 g/mol. The highest BCUT2D eigenvalue weighted by molar-refractivity contribution is 14.1. The van der Waals surface area contributed by atoms with Gasteiger partial charge >= 0.3 is 0 Å². The van der Waals surface area contributed by atoms with Crippen molar-refractivity contribution >= 4 is 39.4 Å². The van der Waals surface area contributed by atoms with Gasteiger partial charge in [-0.3, -0.25) is 0 Å². The highest BCUT2D eigenvalue weighted by Gasteiger charge is 2.22. The summed E-state index contributed by atoms with van der Waals surface area (Å²) in [5.41, 5.74) is 0.187. The first-order chi connectivity index (χ1) is 6.07. The smallest absolute Gasteiger partial charge is 0.177 e. The number of allylic oxidation sites excluding steroid dienone is 4. The Hall–Kier alpha value is -0.100. The van der Waals surface area contributed by atoms with Crippen molar-refractivity contribution in [3.05, 3.63) is 21.1 Å². The zero-order chi connectivity index (χ0) is 10.0. The SMILES string of the molecule is CC1CC=C(/C(Cl)=N\O)C(F)=C1I. The lowest BCUT2D eigenvalue weighted by molar-refractivity contribution is 0.320. The average Bonchev–Trinajstić information content (AvgIpc) is 2.13. The van der Waals surface area contributed by atoms with E-state index < -0.39 is 0 Å². The van der Waals surface area contributed by atoms with Crippen LogP contribution in [0.4, 0.5) is 4.39 Å². The fourth-order valence-corrected chi connectivity index (χ4v) is 1.77. The van der Waals surface area contributed by atoms with Gasteiger partial charge in [0.2, 0.25) is 0 Å². The molecule has 1 unspecified atom stereocenters. The third kappa shape index (κ3) is 2.22. The van der Waals surface area contributed by atoms with Crippen molar-refractivity contribution in [2.45, 2.75) is 13.3 Å². The van der Waals surface area contributed by atoms with Crippen LogP contribution in [-0.2, 0) is 0 Å². The number of hydrogen-bond donors (Lipinski definition) is 1. The number of halogens is 3. The minimum Gasteiger partial charge on any atom is -0.410 e. The molecule has 0 saturated heterocycles. The largest absolute Gasteiger partial charge is 0.410 e. The molecule has 1 N–H and O–H groups in total. The molecule has 0 heterocycles. The Kier molecular flexibility index (Phi) is 3.73. The lowest BCUT2D eigenvalue weighted by Crippen LogP contribution is -2.07. The third-order valence-corrected chi connectivity index (χ3v) is 3.68. The molecule has 0 spiro atoms. The Bertz CT molecular complexity index is 311. The van der Waals surface area contributed by atoms with Gasteiger partial charge in [-0.2, -0.15) is 0 Å². The van der Waals surface area contributed by atoms with E-state index in [0.29, 0.717) is 10.0 Å². The Morgan fingerprint density at radius 3 is 3.00 bits per heavy atom. The molecular formula is C8H8ClFINO. The van der Waals surface area contributed by atoms with Crippen LogP contribution in [0, 0.1) is 5.92 Å². The van der Waals surface area contributed by atoms with Gasteiger partial charge in [0.15, 0.2) is 5.17 Å². The van der Waals surface area contributed by atoms with E-state index in [1.54, 1.807) is 6.08 Å². The molecule has 0 saturated carbocycles. The van der Waals surface area contributed by atoms with Gasteiger partial charge in [0, 0.05) is 9.15 Å². The molecule has 0 amide bonds. The molecule has 0 aromatic heterocycles. The number of nitrogens with zero attached hydrogens (tertiary/aromatic N) is 1. The van der Waals surface area contributed by atoms with Crippen molar-refractivity contribution in [2.75, 3.05) is 0 Å². The minimum atomic E-state index is -0.387. The van der Waals surface area contributed by atoms with Crippen LogP contribution in [-0.4, -0.2) is 10.4 Å². The maximum absolute atomic E-state index is 13.5.